The second-order valence-corrected chi connectivity index (χ2v) is 4.52. The molecule has 0 aromatic heterocycles. The molecule has 106 valence electrons. The topological polar surface area (TPSA) is 81.8 Å². The van der Waals surface area contributed by atoms with Crippen LogP contribution < -0.4 is 4.74 Å². The van der Waals surface area contributed by atoms with E-state index in [4.69, 9.17) is 4.74 Å². The first-order valence-electron chi connectivity index (χ1n) is 6.12. The molecule has 2 aromatic rings. The Hall–Kier alpha value is -2.98. The molecule has 0 heterocycles. The maximum Gasteiger partial charge on any atom is 0.275 e. The molecule has 0 spiro atoms. The second-order valence-electron chi connectivity index (χ2n) is 4.52. The van der Waals surface area contributed by atoms with Gasteiger partial charge in [-0.3, -0.25) is 10.1 Å². The van der Waals surface area contributed by atoms with Crippen LogP contribution in [0.1, 0.15) is 11.1 Å². The van der Waals surface area contributed by atoms with E-state index < -0.39 is 4.92 Å². The number of nitrogens with zero attached hydrogens (tertiary/aromatic N) is 2. The number of isocyanates is 1. The Morgan fingerprint density at radius 3 is 2.62 bits per heavy atom. The van der Waals surface area contributed by atoms with E-state index in [0.29, 0.717) is 5.75 Å². The molecule has 0 unspecified atom stereocenters. The zero-order chi connectivity index (χ0) is 15.4. The van der Waals surface area contributed by atoms with Crippen LogP contribution in [0.2, 0.25) is 0 Å². The Morgan fingerprint density at radius 2 is 1.95 bits per heavy atom. The van der Waals surface area contributed by atoms with Crippen LogP contribution in [-0.4, -0.2) is 11.0 Å². The van der Waals surface area contributed by atoms with Crippen molar-refractivity contribution in [2.24, 2.45) is 4.99 Å². The third kappa shape index (κ3) is 3.52. The molecule has 0 aliphatic carbocycles. The van der Waals surface area contributed by atoms with Crippen LogP contribution in [0.4, 0.5) is 11.4 Å². The fourth-order valence-electron chi connectivity index (χ4n) is 1.79. The molecule has 6 heteroatoms. The van der Waals surface area contributed by atoms with Crippen molar-refractivity contribution in [3.05, 3.63) is 57.6 Å². The lowest BCUT2D eigenvalue weighted by Crippen LogP contribution is -1.92. The number of hydrogen-bond donors (Lipinski definition) is 0. The van der Waals surface area contributed by atoms with Crippen molar-refractivity contribution in [1.82, 2.24) is 0 Å². The fourth-order valence-corrected chi connectivity index (χ4v) is 1.79. The molecule has 0 fully saturated rings. The summed E-state index contributed by atoms with van der Waals surface area (Å²) in [5.74, 6) is 0.837. The smallest absolute Gasteiger partial charge is 0.275 e. The third-order valence-corrected chi connectivity index (χ3v) is 2.83. The predicted molar refractivity (Wildman–Crippen MR) is 76.9 cm³/mol. The highest BCUT2D eigenvalue weighted by Crippen LogP contribution is 2.32. The number of aliphatic imine (C=N–C) groups is 1. The van der Waals surface area contributed by atoms with Crippen LogP contribution in [0.5, 0.6) is 11.5 Å². The van der Waals surface area contributed by atoms with E-state index in [-0.39, 0.29) is 17.1 Å². The van der Waals surface area contributed by atoms with Crippen molar-refractivity contribution < 1.29 is 14.5 Å². The number of rotatable bonds is 4. The van der Waals surface area contributed by atoms with Gasteiger partial charge in [0.15, 0.2) is 0 Å². The van der Waals surface area contributed by atoms with Crippen molar-refractivity contribution in [2.45, 2.75) is 13.8 Å². The average molecular weight is 284 g/mol. The van der Waals surface area contributed by atoms with Crippen molar-refractivity contribution in [1.29, 1.82) is 0 Å². The molecule has 6 nitrogen and oxygen atoms in total. The molecule has 0 aliphatic rings. The minimum Gasteiger partial charge on any atom is -0.457 e. The van der Waals surface area contributed by atoms with Crippen molar-refractivity contribution in [2.75, 3.05) is 0 Å². The fraction of sp³-hybridized carbons (Fsp3) is 0.133. The summed E-state index contributed by atoms with van der Waals surface area (Å²) in [6.45, 7) is 3.79. The highest BCUT2D eigenvalue weighted by molar-refractivity contribution is 5.58. The number of benzene rings is 2. The van der Waals surface area contributed by atoms with Crippen molar-refractivity contribution in [3.63, 3.8) is 0 Å². The quantitative estimate of drug-likeness (QED) is 0.368. The van der Waals surface area contributed by atoms with E-state index >= 15 is 0 Å². The van der Waals surface area contributed by atoms with Gasteiger partial charge in [0.25, 0.3) is 5.69 Å². The summed E-state index contributed by atoms with van der Waals surface area (Å²) in [5.41, 5.74) is 1.83. The lowest BCUT2D eigenvalue weighted by molar-refractivity contribution is -0.384. The highest BCUT2D eigenvalue weighted by atomic mass is 16.6. The zero-order valence-corrected chi connectivity index (χ0v) is 11.5. The molecular formula is C15H12N2O4. The summed E-state index contributed by atoms with van der Waals surface area (Å²) in [7, 11) is 0. The Bertz CT molecular complexity index is 729. The maximum atomic E-state index is 10.9. The molecule has 0 radical (unpaired) electrons. The molecule has 21 heavy (non-hydrogen) atoms. The van der Waals surface area contributed by atoms with Gasteiger partial charge in [-0.05, 0) is 31.0 Å². The monoisotopic (exact) mass is 284 g/mol. The summed E-state index contributed by atoms with van der Waals surface area (Å²) in [4.78, 5) is 24.0. The molecule has 0 saturated heterocycles. The molecule has 0 atom stereocenters. The zero-order valence-electron chi connectivity index (χ0n) is 11.5. The molecule has 0 amide bonds. The minimum absolute atomic E-state index is 0.125. The minimum atomic E-state index is -0.570. The van der Waals surface area contributed by atoms with Crippen LogP contribution in [0.25, 0.3) is 0 Å². The van der Waals surface area contributed by atoms with Crippen LogP contribution >= 0.6 is 0 Å². The van der Waals surface area contributed by atoms with E-state index in [1.165, 1.54) is 24.3 Å². The van der Waals surface area contributed by atoms with Gasteiger partial charge < -0.3 is 4.74 Å². The van der Waals surface area contributed by atoms with Crippen LogP contribution in [0.3, 0.4) is 0 Å². The predicted octanol–water partition coefficient (Wildman–Crippen LogP) is 3.97. The van der Waals surface area contributed by atoms with Gasteiger partial charge in [-0.25, -0.2) is 4.79 Å². The Balaban J connectivity index is 2.45. The van der Waals surface area contributed by atoms with Gasteiger partial charge in [0, 0.05) is 12.1 Å². The summed E-state index contributed by atoms with van der Waals surface area (Å²) in [6, 6.07) is 9.58. The highest BCUT2D eigenvalue weighted by Gasteiger charge is 2.12. The van der Waals surface area contributed by atoms with Crippen LogP contribution in [-0.2, 0) is 4.79 Å². The van der Waals surface area contributed by atoms with Crippen LogP contribution in [0.15, 0.2) is 41.4 Å². The van der Waals surface area contributed by atoms with Gasteiger partial charge in [-0.2, -0.15) is 4.99 Å². The maximum absolute atomic E-state index is 10.9. The molecule has 2 aromatic carbocycles. The van der Waals surface area contributed by atoms with Gasteiger partial charge in [0.2, 0.25) is 6.08 Å². The molecule has 0 saturated carbocycles. The summed E-state index contributed by atoms with van der Waals surface area (Å²) >= 11 is 0. The number of aryl methyl sites for hydroxylation is 2. The molecule has 0 aliphatic heterocycles. The lowest BCUT2D eigenvalue weighted by atomic mass is 10.1. The standard InChI is InChI=1S/C15H12N2O4/c1-10-3-4-11(2)15(5-10)21-14-7-12(16-9-18)6-13(8-14)17(19)20/h3-8H,1-2H3. The number of nitro benzene ring substituents is 1. The van der Waals surface area contributed by atoms with Gasteiger partial charge in [0.1, 0.15) is 11.5 Å². The van der Waals surface area contributed by atoms with Gasteiger partial charge in [-0.1, -0.05) is 12.1 Å². The molecular weight excluding hydrogens is 272 g/mol. The molecule has 0 bridgehead atoms. The number of hydrogen-bond acceptors (Lipinski definition) is 5. The van der Waals surface area contributed by atoms with E-state index in [1.54, 1.807) is 0 Å². The number of nitro groups is 1. The largest absolute Gasteiger partial charge is 0.457 e. The summed E-state index contributed by atoms with van der Waals surface area (Å²) in [6.07, 6.45) is 1.36. The first kappa shape index (κ1) is 14.4. The number of ether oxygens (including phenoxy) is 1. The Kier molecular flexibility index (Phi) is 4.11. The Labute approximate surface area is 120 Å². The van der Waals surface area contributed by atoms with E-state index in [0.717, 1.165) is 11.1 Å². The van der Waals surface area contributed by atoms with Gasteiger partial charge in [-0.15, -0.1) is 0 Å². The lowest BCUT2D eigenvalue weighted by Gasteiger charge is -2.09. The number of non-ortho nitro benzene ring substituents is 1. The van der Waals surface area contributed by atoms with Crippen molar-refractivity contribution in [3.8, 4) is 11.5 Å². The molecule has 0 N–H and O–H groups in total. The summed E-state index contributed by atoms with van der Waals surface area (Å²) < 4.78 is 5.67. The van der Waals surface area contributed by atoms with Crippen LogP contribution in [0, 0.1) is 24.0 Å². The SMILES string of the molecule is Cc1ccc(C)c(Oc2cc(N=C=O)cc([N+](=O)[O-])c2)c1. The van der Waals surface area contributed by atoms with Gasteiger partial charge in [0.05, 0.1) is 16.7 Å². The summed E-state index contributed by atoms with van der Waals surface area (Å²) in [5, 5.41) is 10.9. The second kappa shape index (κ2) is 5.98. The normalized spacial score (nSPS) is 9.81. The number of carbonyl (C=O) groups excluding carboxylic acids is 1. The first-order chi connectivity index (χ1) is 9.99. The van der Waals surface area contributed by atoms with Gasteiger partial charge >= 0.3 is 0 Å². The average Bonchev–Trinajstić information content (AvgIpc) is 2.43. The molecule has 2 rings (SSSR count). The van der Waals surface area contributed by atoms with Crippen molar-refractivity contribution >= 4 is 17.5 Å². The Morgan fingerprint density at radius 1 is 1.19 bits per heavy atom. The van der Waals surface area contributed by atoms with E-state index in [9.17, 15) is 14.9 Å². The van der Waals surface area contributed by atoms with E-state index in [2.05, 4.69) is 4.99 Å². The first-order valence-corrected chi connectivity index (χ1v) is 6.12. The third-order valence-electron chi connectivity index (χ3n) is 2.83. The van der Waals surface area contributed by atoms with E-state index in [1.807, 2.05) is 32.0 Å².